The molecule has 8 heteroatoms. The molecule has 2 heterocycles. The average Bonchev–Trinajstić information content (AvgIpc) is 3.00. The minimum atomic E-state index is -0.258. The fraction of sp³-hybridized carbons (Fsp3) is 0.308. The monoisotopic (exact) mass is 304 g/mol. The first kappa shape index (κ1) is 14.9. The van der Waals surface area contributed by atoms with Crippen LogP contribution in [0.25, 0.3) is 0 Å². The third kappa shape index (κ3) is 3.14. The molecule has 0 saturated heterocycles. The number of hydrogen-bond acceptors (Lipinski definition) is 6. The Labute approximate surface area is 126 Å². The van der Waals surface area contributed by atoms with Crippen molar-refractivity contribution in [3.05, 3.63) is 28.4 Å². The third-order valence-electron chi connectivity index (χ3n) is 2.81. The lowest BCUT2D eigenvalue weighted by atomic mass is 10.2. The van der Waals surface area contributed by atoms with E-state index in [1.807, 2.05) is 26.2 Å². The number of carbonyl (C=O) groups is 1. The zero-order valence-corrected chi connectivity index (χ0v) is 12.6. The summed E-state index contributed by atoms with van der Waals surface area (Å²) in [5.74, 6) is -0.258. The van der Waals surface area contributed by atoms with Gasteiger partial charge in [0.25, 0.3) is 5.91 Å². The van der Waals surface area contributed by atoms with Crippen LogP contribution in [0.4, 0.5) is 10.7 Å². The van der Waals surface area contributed by atoms with Gasteiger partial charge in [0.05, 0.1) is 11.9 Å². The van der Waals surface area contributed by atoms with Crippen molar-refractivity contribution in [2.24, 2.45) is 7.05 Å². The molecule has 0 atom stereocenters. The number of nitrogens with two attached hydrogens (primary N) is 1. The molecule has 0 bridgehead atoms. The van der Waals surface area contributed by atoms with Crippen LogP contribution in [0.3, 0.4) is 0 Å². The van der Waals surface area contributed by atoms with Crippen molar-refractivity contribution >= 4 is 27.9 Å². The van der Waals surface area contributed by atoms with Crippen molar-refractivity contribution in [2.75, 3.05) is 17.6 Å². The molecular formula is C13H16N6OS. The molecule has 0 spiro atoms. The maximum absolute atomic E-state index is 11.9. The van der Waals surface area contributed by atoms with Crippen LogP contribution in [0.2, 0.25) is 0 Å². The van der Waals surface area contributed by atoms with Crippen LogP contribution in [-0.2, 0) is 13.6 Å². The SMILES string of the molecule is CCNC(=O)c1sc(NCc2cnn(C)c2)c(C#N)c1N. The summed E-state index contributed by atoms with van der Waals surface area (Å²) >= 11 is 1.19. The van der Waals surface area contributed by atoms with E-state index in [9.17, 15) is 10.1 Å². The largest absolute Gasteiger partial charge is 0.396 e. The summed E-state index contributed by atoms with van der Waals surface area (Å²) in [6.07, 6.45) is 3.61. The van der Waals surface area contributed by atoms with E-state index in [1.165, 1.54) is 11.3 Å². The Bertz CT molecular complexity index is 696. The van der Waals surface area contributed by atoms with E-state index in [-0.39, 0.29) is 11.6 Å². The highest BCUT2D eigenvalue weighted by atomic mass is 32.1. The van der Waals surface area contributed by atoms with Crippen molar-refractivity contribution in [3.8, 4) is 6.07 Å². The molecule has 0 radical (unpaired) electrons. The lowest BCUT2D eigenvalue weighted by Crippen LogP contribution is -2.22. The lowest BCUT2D eigenvalue weighted by Gasteiger charge is -2.01. The zero-order chi connectivity index (χ0) is 15.4. The minimum Gasteiger partial charge on any atom is -0.396 e. The van der Waals surface area contributed by atoms with Crippen molar-refractivity contribution in [1.29, 1.82) is 5.26 Å². The van der Waals surface area contributed by atoms with E-state index in [0.717, 1.165) is 5.56 Å². The first-order valence-corrected chi connectivity index (χ1v) is 7.20. The highest BCUT2D eigenvalue weighted by Gasteiger charge is 2.20. The molecule has 4 N–H and O–H groups in total. The molecule has 2 aromatic heterocycles. The molecule has 1 amide bonds. The number of aryl methyl sites for hydroxylation is 1. The Hall–Kier alpha value is -2.53. The molecule has 7 nitrogen and oxygen atoms in total. The molecule has 0 aliphatic heterocycles. The van der Waals surface area contributed by atoms with Gasteiger partial charge in [-0.2, -0.15) is 10.4 Å². The van der Waals surface area contributed by atoms with Crippen LogP contribution in [0.15, 0.2) is 12.4 Å². The molecule has 2 rings (SSSR count). The van der Waals surface area contributed by atoms with Gasteiger partial charge in [-0.15, -0.1) is 11.3 Å². The summed E-state index contributed by atoms with van der Waals surface area (Å²) in [4.78, 5) is 12.3. The summed E-state index contributed by atoms with van der Waals surface area (Å²) < 4.78 is 1.70. The van der Waals surface area contributed by atoms with Gasteiger partial charge in [0.2, 0.25) is 0 Å². The summed E-state index contributed by atoms with van der Waals surface area (Å²) in [6, 6.07) is 2.04. The maximum atomic E-state index is 11.9. The van der Waals surface area contributed by atoms with Crippen molar-refractivity contribution in [1.82, 2.24) is 15.1 Å². The van der Waals surface area contributed by atoms with Gasteiger partial charge >= 0.3 is 0 Å². The molecular weight excluding hydrogens is 288 g/mol. The predicted molar refractivity (Wildman–Crippen MR) is 82.0 cm³/mol. The number of nitriles is 1. The Morgan fingerprint density at radius 2 is 2.38 bits per heavy atom. The van der Waals surface area contributed by atoms with E-state index in [1.54, 1.807) is 10.9 Å². The molecule has 0 unspecified atom stereocenters. The normalized spacial score (nSPS) is 10.1. The highest BCUT2D eigenvalue weighted by molar-refractivity contribution is 7.18. The number of aromatic nitrogens is 2. The van der Waals surface area contributed by atoms with Gasteiger partial charge in [0.1, 0.15) is 21.5 Å². The van der Waals surface area contributed by atoms with Gasteiger partial charge in [-0.3, -0.25) is 9.48 Å². The number of nitrogen functional groups attached to an aromatic ring is 1. The molecule has 110 valence electrons. The van der Waals surface area contributed by atoms with E-state index in [0.29, 0.717) is 28.5 Å². The van der Waals surface area contributed by atoms with Gasteiger partial charge in [-0.25, -0.2) is 0 Å². The number of anilines is 2. The summed E-state index contributed by atoms with van der Waals surface area (Å²) in [6.45, 7) is 2.85. The summed E-state index contributed by atoms with van der Waals surface area (Å²) in [7, 11) is 1.83. The highest BCUT2D eigenvalue weighted by Crippen LogP contribution is 2.35. The predicted octanol–water partition coefficient (Wildman–Crippen LogP) is 1.30. The first-order chi connectivity index (χ1) is 10.1. The second-order valence-electron chi connectivity index (χ2n) is 4.40. The van der Waals surface area contributed by atoms with Crippen molar-refractivity contribution in [2.45, 2.75) is 13.5 Å². The Morgan fingerprint density at radius 3 is 2.95 bits per heavy atom. The van der Waals surface area contributed by atoms with Gasteiger partial charge in [-0.05, 0) is 6.92 Å². The Morgan fingerprint density at radius 1 is 1.62 bits per heavy atom. The van der Waals surface area contributed by atoms with Crippen LogP contribution in [0.5, 0.6) is 0 Å². The summed E-state index contributed by atoms with van der Waals surface area (Å²) in [5.41, 5.74) is 7.40. The van der Waals surface area contributed by atoms with Gasteiger partial charge < -0.3 is 16.4 Å². The molecule has 0 saturated carbocycles. The minimum absolute atomic E-state index is 0.224. The van der Waals surface area contributed by atoms with E-state index in [2.05, 4.69) is 15.7 Å². The zero-order valence-electron chi connectivity index (χ0n) is 11.8. The van der Waals surface area contributed by atoms with Gasteiger partial charge in [0, 0.05) is 31.9 Å². The number of nitrogens with one attached hydrogen (secondary N) is 2. The number of amides is 1. The quantitative estimate of drug-likeness (QED) is 0.771. The fourth-order valence-corrected chi connectivity index (χ4v) is 2.82. The topological polar surface area (TPSA) is 109 Å². The Kier molecular flexibility index (Phi) is 4.45. The standard InChI is InChI=1S/C13H16N6OS/c1-3-16-12(20)11-10(15)9(4-14)13(21-11)17-5-8-6-18-19(2)7-8/h6-7,17H,3,5,15H2,1-2H3,(H,16,20). The van der Waals surface area contributed by atoms with Crippen LogP contribution in [0.1, 0.15) is 27.7 Å². The van der Waals surface area contributed by atoms with Crippen LogP contribution >= 0.6 is 11.3 Å². The van der Waals surface area contributed by atoms with E-state index >= 15 is 0 Å². The number of hydrogen-bond donors (Lipinski definition) is 3. The van der Waals surface area contributed by atoms with Crippen LogP contribution in [0, 0.1) is 11.3 Å². The molecule has 0 aliphatic rings. The molecule has 21 heavy (non-hydrogen) atoms. The molecule has 2 aromatic rings. The molecule has 0 fully saturated rings. The molecule has 0 aliphatic carbocycles. The maximum Gasteiger partial charge on any atom is 0.263 e. The van der Waals surface area contributed by atoms with Crippen molar-refractivity contribution < 1.29 is 4.79 Å². The first-order valence-electron chi connectivity index (χ1n) is 6.38. The second kappa shape index (κ2) is 6.28. The third-order valence-corrected chi connectivity index (χ3v) is 3.97. The smallest absolute Gasteiger partial charge is 0.263 e. The molecule has 0 aromatic carbocycles. The second-order valence-corrected chi connectivity index (χ2v) is 5.42. The number of rotatable bonds is 5. The van der Waals surface area contributed by atoms with Crippen molar-refractivity contribution in [3.63, 3.8) is 0 Å². The van der Waals surface area contributed by atoms with E-state index in [4.69, 9.17) is 5.73 Å². The number of thiophene rings is 1. The lowest BCUT2D eigenvalue weighted by molar-refractivity contribution is 0.0960. The van der Waals surface area contributed by atoms with Crippen LogP contribution < -0.4 is 16.4 Å². The number of carbonyl (C=O) groups excluding carboxylic acids is 1. The summed E-state index contributed by atoms with van der Waals surface area (Å²) in [5, 5.41) is 19.7. The Balaban J connectivity index is 2.21. The average molecular weight is 304 g/mol. The fourth-order valence-electron chi connectivity index (χ4n) is 1.83. The van der Waals surface area contributed by atoms with Crippen LogP contribution in [-0.4, -0.2) is 22.2 Å². The number of nitrogens with zero attached hydrogens (tertiary/aromatic N) is 3. The van der Waals surface area contributed by atoms with Gasteiger partial charge in [-0.1, -0.05) is 0 Å². The van der Waals surface area contributed by atoms with E-state index < -0.39 is 0 Å². The van der Waals surface area contributed by atoms with Gasteiger partial charge in [0.15, 0.2) is 0 Å².